The van der Waals surface area contributed by atoms with Crippen LogP contribution in [0, 0.1) is 11.3 Å². The molecule has 2 aliphatic rings. The summed E-state index contributed by atoms with van der Waals surface area (Å²) in [5.74, 6) is 0.255. The number of allylic oxidation sites excluding steroid dienone is 1. The molecule has 0 amide bonds. The van der Waals surface area contributed by atoms with E-state index in [1.54, 1.807) is 0 Å². The second-order valence-corrected chi connectivity index (χ2v) is 7.34. The highest BCUT2D eigenvalue weighted by atomic mass is 16.5. The number of carbonyl (C=O) groups is 1. The third-order valence-corrected chi connectivity index (χ3v) is 5.88. The number of benzene rings is 1. The first-order valence-electron chi connectivity index (χ1n) is 8.73. The first-order valence-corrected chi connectivity index (χ1v) is 8.73. The van der Waals surface area contributed by atoms with E-state index in [1.165, 1.54) is 19.8 Å². The van der Waals surface area contributed by atoms with Crippen molar-refractivity contribution in [2.75, 3.05) is 27.8 Å². The summed E-state index contributed by atoms with van der Waals surface area (Å²) in [6.45, 7) is 3.15. The molecule has 0 radical (unpaired) electrons. The Bertz CT molecular complexity index is 686. The summed E-state index contributed by atoms with van der Waals surface area (Å²) in [5.41, 5.74) is -1.05. The van der Waals surface area contributed by atoms with E-state index < -0.39 is 11.0 Å². The van der Waals surface area contributed by atoms with E-state index in [0.29, 0.717) is 19.5 Å². The average molecular weight is 345 g/mol. The molecular weight excluding hydrogens is 318 g/mol. The normalized spacial score (nSPS) is 31.6. The van der Waals surface area contributed by atoms with Gasteiger partial charge in [-0.05, 0) is 31.4 Å². The first-order chi connectivity index (χ1) is 11.9. The Morgan fingerprint density at radius 1 is 1.24 bits per heavy atom. The van der Waals surface area contributed by atoms with E-state index in [9.17, 15) is 9.90 Å². The maximum Gasteiger partial charge on any atom is 0.211 e. The molecule has 1 saturated carbocycles. The zero-order valence-electron chi connectivity index (χ0n) is 15.4. The molecule has 1 aromatic carbocycles. The fraction of sp³-hybridized carbons (Fsp3) is 0.550. The number of carbonyl (C=O) groups excluding carboxylic acids is 1. The molecule has 3 rings (SSSR count). The van der Waals surface area contributed by atoms with Gasteiger partial charge in [-0.2, -0.15) is 0 Å². The molecule has 0 unspecified atom stereocenters. The summed E-state index contributed by atoms with van der Waals surface area (Å²) in [7, 11) is 4.94. The molecular formula is C20H27NO4. The second-order valence-electron chi connectivity index (χ2n) is 7.34. The Hall–Kier alpha value is -1.85. The summed E-state index contributed by atoms with van der Waals surface area (Å²) in [6.07, 6.45) is 1.41. The van der Waals surface area contributed by atoms with Crippen LogP contribution in [-0.4, -0.2) is 49.2 Å². The van der Waals surface area contributed by atoms with Gasteiger partial charge in [0.25, 0.3) is 0 Å². The van der Waals surface area contributed by atoms with Crippen molar-refractivity contribution < 1.29 is 19.4 Å². The van der Waals surface area contributed by atoms with Crippen molar-refractivity contribution in [2.24, 2.45) is 11.3 Å². The molecule has 1 N–H and O–H groups in total. The van der Waals surface area contributed by atoms with Crippen molar-refractivity contribution in [3.05, 3.63) is 47.4 Å². The van der Waals surface area contributed by atoms with Gasteiger partial charge in [-0.3, -0.25) is 4.79 Å². The number of hydrogen-bond donors (Lipinski definition) is 1. The lowest BCUT2D eigenvalue weighted by Crippen LogP contribution is -2.54. The van der Waals surface area contributed by atoms with Crippen LogP contribution in [0.25, 0.3) is 0 Å². The van der Waals surface area contributed by atoms with Crippen molar-refractivity contribution >= 4 is 5.78 Å². The van der Waals surface area contributed by atoms with Crippen LogP contribution in [0.15, 0.2) is 41.9 Å². The Labute approximate surface area is 149 Å². The number of rotatable bonds is 6. The number of ether oxygens (including phenoxy) is 2. The Balaban J connectivity index is 1.92. The zero-order chi connectivity index (χ0) is 18.2. The summed E-state index contributed by atoms with van der Waals surface area (Å²) in [6, 6.07) is 10.1. The topological polar surface area (TPSA) is 59.0 Å². The van der Waals surface area contributed by atoms with E-state index in [0.717, 1.165) is 6.42 Å². The number of aliphatic hydroxyl groups is 1. The van der Waals surface area contributed by atoms with Gasteiger partial charge in [0.05, 0.1) is 19.6 Å². The Kier molecular flexibility index (Phi) is 4.64. The lowest BCUT2D eigenvalue weighted by atomic mass is 9.72. The van der Waals surface area contributed by atoms with Gasteiger partial charge >= 0.3 is 0 Å². The van der Waals surface area contributed by atoms with Crippen molar-refractivity contribution in [3.63, 3.8) is 0 Å². The Morgan fingerprint density at radius 2 is 1.92 bits per heavy atom. The van der Waals surface area contributed by atoms with Crippen LogP contribution in [0.5, 0.6) is 0 Å². The number of fused-ring (bicyclic) bond motifs is 1. The van der Waals surface area contributed by atoms with E-state index in [2.05, 4.69) is 17.0 Å². The third-order valence-electron chi connectivity index (χ3n) is 5.88. The van der Waals surface area contributed by atoms with Crippen LogP contribution in [0.4, 0.5) is 0 Å². The van der Waals surface area contributed by atoms with Gasteiger partial charge in [0.1, 0.15) is 5.60 Å². The second kappa shape index (κ2) is 6.46. The maximum atomic E-state index is 13.2. The van der Waals surface area contributed by atoms with Crippen LogP contribution in [0.2, 0.25) is 0 Å². The predicted molar refractivity (Wildman–Crippen MR) is 94.6 cm³/mol. The minimum Gasteiger partial charge on any atom is -0.494 e. The molecule has 0 saturated heterocycles. The molecule has 0 spiro atoms. The van der Waals surface area contributed by atoms with Crippen LogP contribution >= 0.6 is 0 Å². The van der Waals surface area contributed by atoms with Crippen LogP contribution in [0.3, 0.4) is 0 Å². The van der Waals surface area contributed by atoms with Crippen molar-refractivity contribution in [3.8, 4) is 0 Å². The summed E-state index contributed by atoms with van der Waals surface area (Å²) >= 11 is 0. The van der Waals surface area contributed by atoms with E-state index in [4.69, 9.17) is 9.47 Å². The van der Waals surface area contributed by atoms with Crippen LogP contribution < -0.4 is 0 Å². The van der Waals surface area contributed by atoms with Crippen LogP contribution in [-0.2, 0) is 20.8 Å². The number of hydrogen-bond acceptors (Lipinski definition) is 5. The minimum absolute atomic E-state index is 0.0656. The fourth-order valence-electron chi connectivity index (χ4n) is 4.67. The van der Waals surface area contributed by atoms with E-state index >= 15 is 0 Å². The molecule has 3 atom stereocenters. The van der Waals surface area contributed by atoms with Crippen molar-refractivity contribution in [1.29, 1.82) is 0 Å². The molecule has 0 aromatic heterocycles. The molecule has 0 heterocycles. The van der Waals surface area contributed by atoms with Crippen molar-refractivity contribution in [2.45, 2.75) is 31.9 Å². The molecule has 25 heavy (non-hydrogen) atoms. The highest BCUT2D eigenvalue weighted by molar-refractivity contribution is 6.04. The molecule has 1 fully saturated rings. The summed E-state index contributed by atoms with van der Waals surface area (Å²) < 4.78 is 10.8. The van der Waals surface area contributed by atoms with Gasteiger partial charge in [-0.25, -0.2) is 0 Å². The standard InChI is InChI=1S/C20H27NO4/c1-14-10-11-19(13-21(2)12-15-8-6-5-7-9-15)17(22)16(24-3)18(25-4)20(14,19)23/h5-9,14,23H,10-13H2,1-4H3/t14-,19-,20+/m0/s1. The van der Waals surface area contributed by atoms with E-state index in [1.807, 2.05) is 32.2 Å². The number of Topliss-reactive ketones (excluding diaryl/α,β-unsaturated/α-hetero) is 1. The van der Waals surface area contributed by atoms with Gasteiger partial charge in [0.2, 0.25) is 11.5 Å². The van der Waals surface area contributed by atoms with Gasteiger partial charge in [0.15, 0.2) is 5.76 Å². The highest BCUT2D eigenvalue weighted by Gasteiger charge is 2.71. The zero-order valence-corrected chi connectivity index (χ0v) is 15.4. The Morgan fingerprint density at radius 3 is 2.52 bits per heavy atom. The number of ketones is 1. The average Bonchev–Trinajstić information content (AvgIpc) is 2.95. The highest BCUT2D eigenvalue weighted by Crippen LogP contribution is 2.60. The molecule has 2 aliphatic carbocycles. The molecule has 5 nitrogen and oxygen atoms in total. The van der Waals surface area contributed by atoms with Gasteiger partial charge < -0.3 is 19.5 Å². The quantitative estimate of drug-likeness (QED) is 0.858. The summed E-state index contributed by atoms with van der Waals surface area (Å²) in [4.78, 5) is 15.3. The predicted octanol–water partition coefficient (Wildman–Crippen LogP) is 2.35. The largest absolute Gasteiger partial charge is 0.494 e. The molecule has 1 aromatic rings. The molecule has 136 valence electrons. The van der Waals surface area contributed by atoms with Gasteiger partial charge in [0, 0.05) is 13.1 Å². The SMILES string of the molecule is COC1=C(OC)[C@]2(O)[C@@H](C)CC[C@]2(CN(C)Cc2ccccc2)C1=O. The van der Waals surface area contributed by atoms with Gasteiger partial charge in [-0.1, -0.05) is 37.3 Å². The number of nitrogens with zero attached hydrogens (tertiary/aromatic N) is 1. The van der Waals surface area contributed by atoms with E-state index in [-0.39, 0.29) is 23.2 Å². The fourth-order valence-corrected chi connectivity index (χ4v) is 4.67. The molecule has 0 bridgehead atoms. The number of methoxy groups -OCH3 is 2. The van der Waals surface area contributed by atoms with Gasteiger partial charge in [-0.15, -0.1) is 0 Å². The smallest absolute Gasteiger partial charge is 0.211 e. The molecule has 0 aliphatic heterocycles. The lowest BCUT2D eigenvalue weighted by Gasteiger charge is -2.40. The molecule has 5 heteroatoms. The monoisotopic (exact) mass is 345 g/mol. The van der Waals surface area contributed by atoms with Crippen LogP contribution in [0.1, 0.15) is 25.3 Å². The maximum absolute atomic E-state index is 13.2. The lowest BCUT2D eigenvalue weighted by molar-refractivity contribution is -0.141. The summed E-state index contributed by atoms with van der Waals surface area (Å²) in [5, 5.41) is 11.6. The minimum atomic E-state index is -1.31. The van der Waals surface area contributed by atoms with Crippen molar-refractivity contribution in [1.82, 2.24) is 4.90 Å². The third kappa shape index (κ3) is 2.49. The first kappa shape index (κ1) is 18.0.